The first-order valence-corrected chi connectivity index (χ1v) is 6.72. The SMILES string of the molecule is C=CC1COc2ccccc2N1S(C)(=O)=O. The molecule has 1 unspecified atom stereocenters. The summed E-state index contributed by atoms with van der Waals surface area (Å²) in [7, 11) is -3.32. The van der Waals surface area contributed by atoms with Gasteiger partial charge in [0.05, 0.1) is 18.0 Å². The molecular weight excluding hydrogens is 226 g/mol. The maximum absolute atomic E-state index is 11.7. The van der Waals surface area contributed by atoms with E-state index in [4.69, 9.17) is 4.74 Å². The molecule has 1 aliphatic rings. The molecule has 2 rings (SSSR count). The van der Waals surface area contributed by atoms with Crippen molar-refractivity contribution < 1.29 is 13.2 Å². The Labute approximate surface area is 95.2 Å². The summed E-state index contributed by atoms with van der Waals surface area (Å²) in [6, 6.07) is 6.74. The third-order valence-corrected chi connectivity index (χ3v) is 3.62. The summed E-state index contributed by atoms with van der Waals surface area (Å²) in [5.74, 6) is 0.589. The van der Waals surface area contributed by atoms with Crippen LogP contribution in [0.5, 0.6) is 5.75 Å². The topological polar surface area (TPSA) is 46.6 Å². The van der Waals surface area contributed by atoms with Crippen LogP contribution in [0.15, 0.2) is 36.9 Å². The lowest BCUT2D eigenvalue weighted by molar-refractivity contribution is 0.292. The first kappa shape index (κ1) is 11.0. The normalized spacial score (nSPS) is 19.8. The molecule has 4 nitrogen and oxygen atoms in total. The van der Waals surface area contributed by atoms with Gasteiger partial charge in [0.2, 0.25) is 10.0 Å². The van der Waals surface area contributed by atoms with Crippen LogP contribution >= 0.6 is 0 Å². The highest BCUT2D eigenvalue weighted by Crippen LogP contribution is 2.35. The maximum atomic E-state index is 11.7. The van der Waals surface area contributed by atoms with Crippen molar-refractivity contribution in [1.29, 1.82) is 0 Å². The molecule has 86 valence electrons. The average molecular weight is 239 g/mol. The molecule has 0 saturated heterocycles. The van der Waals surface area contributed by atoms with Crippen LogP contribution in [-0.4, -0.2) is 27.3 Å². The third kappa shape index (κ3) is 1.78. The molecular formula is C11H13NO3S. The lowest BCUT2D eigenvalue weighted by Crippen LogP contribution is -2.45. The summed E-state index contributed by atoms with van der Waals surface area (Å²) in [4.78, 5) is 0. The minimum atomic E-state index is -3.32. The Bertz CT molecular complexity index is 510. The first-order chi connectivity index (χ1) is 7.54. The number of hydrogen-bond donors (Lipinski definition) is 0. The third-order valence-electron chi connectivity index (χ3n) is 2.44. The highest BCUT2D eigenvalue weighted by Gasteiger charge is 2.31. The van der Waals surface area contributed by atoms with E-state index in [1.807, 2.05) is 6.07 Å². The zero-order chi connectivity index (χ0) is 11.8. The fraction of sp³-hybridized carbons (Fsp3) is 0.273. The zero-order valence-electron chi connectivity index (χ0n) is 8.96. The van der Waals surface area contributed by atoms with E-state index >= 15 is 0 Å². The molecule has 16 heavy (non-hydrogen) atoms. The highest BCUT2D eigenvalue weighted by atomic mass is 32.2. The number of hydrogen-bond acceptors (Lipinski definition) is 3. The lowest BCUT2D eigenvalue weighted by atomic mass is 10.2. The van der Waals surface area contributed by atoms with Gasteiger partial charge in [-0.1, -0.05) is 18.2 Å². The van der Waals surface area contributed by atoms with Crippen molar-refractivity contribution in [3.05, 3.63) is 36.9 Å². The Hall–Kier alpha value is -1.49. The number of para-hydroxylation sites is 2. The van der Waals surface area contributed by atoms with E-state index in [0.717, 1.165) is 0 Å². The van der Waals surface area contributed by atoms with Gasteiger partial charge in [0.1, 0.15) is 12.4 Å². The van der Waals surface area contributed by atoms with Gasteiger partial charge >= 0.3 is 0 Å². The molecule has 1 aromatic rings. The van der Waals surface area contributed by atoms with Crippen molar-refractivity contribution in [2.45, 2.75) is 6.04 Å². The van der Waals surface area contributed by atoms with Gasteiger partial charge in [-0.15, -0.1) is 6.58 Å². The molecule has 0 fully saturated rings. The first-order valence-electron chi connectivity index (χ1n) is 4.88. The Morgan fingerprint density at radius 1 is 1.50 bits per heavy atom. The Balaban J connectivity index is 2.57. The molecule has 0 amide bonds. The summed E-state index contributed by atoms with van der Waals surface area (Å²) in [5, 5.41) is 0. The Morgan fingerprint density at radius 3 is 2.81 bits per heavy atom. The fourth-order valence-corrected chi connectivity index (χ4v) is 2.92. The second-order valence-electron chi connectivity index (χ2n) is 3.64. The van der Waals surface area contributed by atoms with Crippen LogP contribution in [0.3, 0.4) is 0 Å². The van der Waals surface area contributed by atoms with E-state index in [2.05, 4.69) is 6.58 Å². The number of anilines is 1. The van der Waals surface area contributed by atoms with Crippen molar-refractivity contribution in [2.24, 2.45) is 0 Å². The van der Waals surface area contributed by atoms with Gasteiger partial charge in [0.15, 0.2) is 0 Å². The van der Waals surface area contributed by atoms with Gasteiger partial charge in [-0.05, 0) is 12.1 Å². The number of benzene rings is 1. The summed E-state index contributed by atoms with van der Waals surface area (Å²) in [5.41, 5.74) is 0.571. The predicted octanol–water partition coefficient (Wildman–Crippen LogP) is 1.40. The van der Waals surface area contributed by atoms with E-state index < -0.39 is 10.0 Å². The van der Waals surface area contributed by atoms with Crippen LogP contribution in [0.1, 0.15) is 0 Å². The van der Waals surface area contributed by atoms with Crippen molar-refractivity contribution in [2.75, 3.05) is 17.2 Å². The summed E-state index contributed by atoms with van der Waals surface area (Å²) in [6.07, 6.45) is 2.77. The smallest absolute Gasteiger partial charge is 0.233 e. The quantitative estimate of drug-likeness (QED) is 0.733. The fourth-order valence-electron chi connectivity index (χ4n) is 1.77. The van der Waals surface area contributed by atoms with Gasteiger partial charge in [-0.3, -0.25) is 4.31 Å². The van der Waals surface area contributed by atoms with Crippen LogP contribution in [0.2, 0.25) is 0 Å². The number of fused-ring (bicyclic) bond motifs is 1. The molecule has 0 bridgehead atoms. The van der Waals surface area contributed by atoms with Gasteiger partial charge in [-0.25, -0.2) is 8.42 Å². The average Bonchev–Trinajstić information content (AvgIpc) is 2.26. The Morgan fingerprint density at radius 2 is 2.19 bits per heavy atom. The lowest BCUT2D eigenvalue weighted by Gasteiger charge is -2.34. The predicted molar refractivity (Wildman–Crippen MR) is 63.2 cm³/mol. The van der Waals surface area contributed by atoms with E-state index in [1.165, 1.54) is 10.6 Å². The van der Waals surface area contributed by atoms with Gasteiger partial charge < -0.3 is 4.74 Å². The van der Waals surface area contributed by atoms with Crippen LogP contribution in [0.25, 0.3) is 0 Å². The van der Waals surface area contributed by atoms with Crippen molar-refractivity contribution in [1.82, 2.24) is 0 Å². The van der Waals surface area contributed by atoms with E-state index in [0.29, 0.717) is 18.0 Å². The second-order valence-corrected chi connectivity index (χ2v) is 5.50. The second kappa shape index (κ2) is 3.83. The molecule has 5 heteroatoms. The molecule has 1 atom stereocenters. The highest BCUT2D eigenvalue weighted by molar-refractivity contribution is 7.92. The van der Waals surface area contributed by atoms with Crippen LogP contribution in [0, 0.1) is 0 Å². The minimum Gasteiger partial charge on any atom is -0.489 e. The van der Waals surface area contributed by atoms with Gasteiger partial charge in [0, 0.05) is 0 Å². The van der Waals surface area contributed by atoms with E-state index in [1.54, 1.807) is 24.3 Å². The van der Waals surface area contributed by atoms with Crippen molar-refractivity contribution in [3.8, 4) is 5.75 Å². The molecule has 1 heterocycles. The standard InChI is InChI=1S/C11H13NO3S/c1-3-9-8-15-11-7-5-4-6-10(11)12(9)16(2,13)14/h3-7,9H,1,8H2,2H3. The Kier molecular flexibility index (Phi) is 2.63. The van der Waals surface area contributed by atoms with Crippen LogP contribution in [-0.2, 0) is 10.0 Å². The summed E-state index contributed by atoms with van der Waals surface area (Å²) >= 11 is 0. The zero-order valence-corrected chi connectivity index (χ0v) is 9.78. The van der Waals surface area contributed by atoms with E-state index in [9.17, 15) is 8.42 Å². The molecule has 0 aliphatic carbocycles. The molecule has 0 aromatic heterocycles. The number of rotatable bonds is 2. The monoisotopic (exact) mass is 239 g/mol. The molecule has 1 aromatic carbocycles. The maximum Gasteiger partial charge on any atom is 0.233 e. The minimum absolute atomic E-state index is 0.299. The number of sulfonamides is 1. The molecule has 0 N–H and O–H groups in total. The van der Waals surface area contributed by atoms with Gasteiger partial charge in [-0.2, -0.15) is 0 Å². The molecule has 0 spiro atoms. The molecule has 0 radical (unpaired) electrons. The van der Waals surface area contributed by atoms with Crippen molar-refractivity contribution >= 4 is 15.7 Å². The van der Waals surface area contributed by atoms with Gasteiger partial charge in [0.25, 0.3) is 0 Å². The van der Waals surface area contributed by atoms with Crippen molar-refractivity contribution in [3.63, 3.8) is 0 Å². The number of nitrogens with zero attached hydrogens (tertiary/aromatic N) is 1. The van der Waals surface area contributed by atoms with Crippen LogP contribution < -0.4 is 9.04 Å². The summed E-state index contributed by atoms with van der Waals surface area (Å²) in [6.45, 7) is 3.93. The van der Waals surface area contributed by atoms with Crippen LogP contribution in [0.4, 0.5) is 5.69 Å². The summed E-state index contributed by atoms with van der Waals surface area (Å²) < 4.78 is 30.3. The molecule has 1 aliphatic heterocycles. The molecule has 0 saturated carbocycles. The largest absolute Gasteiger partial charge is 0.489 e. The number of ether oxygens (including phenoxy) is 1. The van der Waals surface area contributed by atoms with E-state index in [-0.39, 0.29) is 6.04 Å².